The molecule has 0 unspecified atom stereocenters. The van der Waals surface area contributed by atoms with E-state index in [2.05, 4.69) is 17.4 Å². The van der Waals surface area contributed by atoms with Crippen molar-refractivity contribution >= 4 is 22.6 Å². The third-order valence-electron chi connectivity index (χ3n) is 4.70. The van der Waals surface area contributed by atoms with Gasteiger partial charge in [-0.05, 0) is 62.7 Å². The van der Waals surface area contributed by atoms with Gasteiger partial charge in [0.1, 0.15) is 11.5 Å². The Bertz CT molecular complexity index is 1200. The summed E-state index contributed by atoms with van der Waals surface area (Å²) in [6.07, 6.45) is 0.955. The Morgan fingerprint density at radius 3 is 2.57 bits per heavy atom. The Kier molecular flexibility index (Phi) is 5.48. The van der Waals surface area contributed by atoms with Crippen LogP contribution in [0.3, 0.4) is 0 Å². The topological polar surface area (TPSA) is 77.2 Å². The number of pyridine rings is 1. The largest absolute Gasteiger partial charge is 0.494 e. The van der Waals surface area contributed by atoms with Gasteiger partial charge in [0, 0.05) is 17.0 Å². The highest BCUT2D eigenvalue weighted by Gasteiger charge is 2.16. The van der Waals surface area contributed by atoms with E-state index in [0.29, 0.717) is 23.7 Å². The highest BCUT2D eigenvalue weighted by Crippen LogP contribution is 2.28. The first-order valence-corrected chi connectivity index (χ1v) is 9.93. The molecular weight excluding hydrogens is 378 g/mol. The zero-order valence-corrected chi connectivity index (χ0v) is 17.2. The Labute approximate surface area is 174 Å². The number of rotatable bonds is 6. The number of nitrogens with one attached hydrogen (secondary N) is 1. The van der Waals surface area contributed by atoms with Crippen molar-refractivity contribution < 1.29 is 14.1 Å². The molecule has 6 heteroatoms. The van der Waals surface area contributed by atoms with Gasteiger partial charge in [0.25, 0.3) is 5.91 Å². The first-order chi connectivity index (χ1) is 14.5. The van der Waals surface area contributed by atoms with E-state index in [1.54, 1.807) is 13.0 Å². The van der Waals surface area contributed by atoms with Crippen molar-refractivity contribution in [2.24, 2.45) is 0 Å². The number of carbonyl (C=O) groups excluding carboxylic acids is 1. The van der Waals surface area contributed by atoms with Crippen molar-refractivity contribution in [3.05, 3.63) is 71.5 Å². The average Bonchev–Trinajstić information content (AvgIpc) is 3.16. The van der Waals surface area contributed by atoms with Crippen LogP contribution in [0.4, 0.5) is 5.82 Å². The molecule has 0 fully saturated rings. The van der Waals surface area contributed by atoms with Gasteiger partial charge in [0.15, 0.2) is 5.82 Å². The number of amides is 1. The monoisotopic (exact) mass is 401 g/mol. The van der Waals surface area contributed by atoms with Gasteiger partial charge >= 0.3 is 0 Å². The average molecular weight is 401 g/mol. The maximum atomic E-state index is 13.1. The predicted molar refractivity (Wildman–Crippen MR) is 117 cm³/mol. The summed E-state index contributed by atoms with van der Waals surface area (Å²) in [6.45, 7) is 6.52. The van der Waals surface area contributed by atoms with Crippen LogP contribution in [0.5, 0.6) is 5.75 Å². The maximum absolute atomic E-state index is 13.1. The predicted octanol–water partition coefficient (Wildman–Crippen LogP) is 5.55. The molecule has 6 nitrogen and oxygen atoms in total. The SMILES string of the molecule is CCCOc1ccc(-c2cc(C(=O)Nc3cc(C)on3)c3cc(C)ccc3n2)cc1. The fourth-order valence-corrected chi connectivity index (χ4v) is 3.23. The number of ether oxygens (including phenoxy) is 1. The Hall–Kier alpha value is -3.67. The van der Waals surface area contributed by atoms with Crippen LogP contribution < -0.4 is 10.1 Å². The number of fused-ring (bicyclic) bond motifs is 1. The van der Waals surface area contributed by atoms with E-state index < -0.39 is 0 Å². The minimum atomic E-state index is -0.259. The van der Waals surface area contributed by atoms with E-state index in [1.165, 1.54) is 0 Å². The van der Waals surface area contributed by atoms with Crippen molar-refractivity contribution in [3.63, 3.8) is 0 Å². The van der Waals surface area contributed by atoms with Crippen LogP contribution in [0.2, 0.25) is 0 Å². The number of aromatic nitrogens is 2. The normalized spacial score (nSPS) is 10.9. The summed E-state index contributed by atoms with van der Waals surface area (Å²) in [5.74, 6) is 1.57. The van der Waals surface area contributed by atoms with E-state index in [-0.39, 0.29) is 5.91 Å². The first kappa shape index (κ1) is 19.6. The number of benzene rings is 2. The lowest BCUT2D eigenvalue weighted by atomic mass is 10.0. The number of nitrogens with zero attached hydrogens (tertiary/aromatic N) is 2. The molecule has 2 aromatic heterocycles. The van der Waals surface area contributed by atoms with Gasteiger partial charge in [0.2, 0.25) is 0 Å². The highest BCUT2D eigenvalue weighted by atomic mass is 16.5. The highest BCUT2D eigenvalue weighted by molar-refractivity contribution is 6.12. The molecule has 0 spiro atoms. The van der Waals surface area contributed by atoms with E-state index in [1.807, 2.05) is 55.5 Å². The van der Waals surface area contributed by atoms with Crippen LogP contribution in [0.15, 0.2) is 59.1 Å². The lowest BCUT2D eigenvalue weighted by Crippen LogP contribution is -2.13. The van der Waals surface area contributed by atoms with E-state index in [4.69, 9.17) is 14.2 Å². The molecule has 152 valence electrons. The summed E-state index contributed by atoms with van der Waals surface area (Å²) < 4.78 is 10.7. The lowest BCUT2D eigenvalue weighted by molar-refractivity contribution is 0.102. The quantitative estimate of drug-likeness (QED) is 0.458. The Morgan fingerprint density at radius 1 is 1.07 bits per heavy atom. The van der Waals surface area contributed by atoms with Gasteiger partial charge in [-0.15, -0.1) is 0 Å². The van der Waals surface area contributed by atoms with Gasteiger partial charge in [-0.1, -0.05) is 23.7 Å². The molecule has 1 amide bonds. The number of hydrogen-bond acceptors (Lipinski definition) is 5. The smallest absolute Gasteiger partial charge is 0.257 e. The molecule has 0 atom stereocenters. The van der Waals surface area contributed by atoms with E-state index in [0.717, 1.165) is 39.9 Å². The third-order valence-corrected chi connectivity index (χ3v) is 4.70. The summed E-state index contributed by atoms with van der Waals surface area (Å²) in [5.41, 5.74) is 3.97. The minimum absolute atomic E-state index is 0.259. The maximum Gasteiger partial charge on any atom is 0.257 e. The summed E-state index contributed by atoms with van der Waals surface area (Å²) in [7, 11) is 0. The van der Waals surface area contributed by atoms with Crippen LogP contribution in [0.1, 0.15) is 35.0 Å². The second-order valence-corrected chi connectivity index (χ2v) is 7.23. The van der Waals surface area contributed by atoms with Crippen LogP contribution >= 0.6 is 0 Å². The van der Waals surface area contributed by atoms with Gasteiger partial charge in [-0.2, -0.15) is 0 Å². The molecular formula is C24H23N3O3. The molecule has 0 aliphatic rings. The number of carbonyl (C=O) groups is 1. The number of aryl methyl sites for hydroxylation is 2. The number of hydrogen-bond donors (Lipinski definition) is 1. The van der Waals surface area contributed by atoms with Crippen LogP contribution in [-0.4, -0.2) is 22.7 Å². The summed E-state index contributed by atoms with van der Waals surface area (Å²) >= 11 is 0. The van der Waals surface area contributed by atoms with Crippen molar-refractivity contribution in [1.82, 2.24) is 10.1 Å². The zero-order chi connectivity index (χ0) is 21.1. The molecule has 0 aliphatic heterocycles. The van der Waals surface area contributed by atoms with Crippen molar-refractivity contribution in [1.29, 1.82) is 0 Å². The van der Waals surface area contributed by atoms with E-state index in [9.17, 15) is 4.79 Å². The molecule has 2 heterocycles. The second kappa shape index (κ2) is 8.37. The molecule has 0 saturated heterocycles. The van der Waals surface area contributed by atoms with Crippen LogP contribution in [0, 0.1) is 13.8 Å². The molecule has 0 aliphatic carbocycles. The van der Waals surface area contributed by atoms with E-state index >= 15 is 0 Å². The van der Waals surface area contributed by atoms with Gasteiger partial charge < -0.3 is 14.6 Å². The first-order valence-electron chi connectivity index (χ1n) is 9.93. The van der Waals surface area contributed by atoms with Crippen molar-refractivity contribution in [2.45, 2.75) is 27.2 Å². The standard InChI is InChI=1S/C24H23N3O3/c1-4-11-29-18-8-6-17(7-9-18)22-14-20(19-12-15(2)5-10-21(19)25-22)24(28)26-23-13-16(3)30-27-23/h5-10,12-14H,4,11H2,1-3H3,(H,26,27,28). The fraction of sp³-hybridized carbons (Fsp3) is 0.208. The number of anilines is 1. The lowest BCUT2D eigenvalue weighted by Gasteiger charge is -2.11. The molecule has 0 bridgehead atoms. The van der Waals surface area contributed by atoms with Crippen molar-refractivity contribution in [2.75, 3.05) is 11.9 Å². The second-order valence-electron chi connectivity index (χ2n) is 7.23. The Morgan fingerprint density at radius 2 is 1.87 bits per heavy atom. The molecule has 4 aromatic rings. The minimum Gasteiger partial charge on any atom is -0.494 e. The van der Waals surface area contributed by atoms with Crippen LogP contribution in [-0.2, 0) is 0 Å². The van der Waals surface area contributed by atoms with Gasteiger partial charge in [-0.25, -0.2) is 4.98 Å². The summed E-state index contributed by atoms with van der Waals surface area (Å²) in [5, 5.41) is 7.46. The third kappa shape index (κ3) is 4.17. The Balaban J connectivity index is 1.74. The molecule has 4 rings (SSSR count). The van der Waals surface area contributed by atoms with Crippen molar-refractivity contribution in [3.8, 4) is 17.0 Å². The summed E-state index contributed by atoms with van der Waals surface area (Å²) in [6, 6.07) is 17.1. The van der Waals surface area contributed by atoms with Crippen LogP contribution in [0.25, 0.3) is 22.2 Å². The molecule has 30 heavy (non-hydrogen) atoms. The molecule has 0 radical (unpaired) electrons. The fourth-order valence-electron chi connectivity index (χ4n) is 3.23. The summed E-state index contributed by atoms with van der Waals surface area (Å²) in [4.78, 5) is 17.8. The molecule has 2 aromatic carbocycles. The van der Waals surface area contributed by atoms with Gasteiger partial charge in [-0.3, -0.25) is 4.79 Å². The van der Waals surface area contributed by atoms with Gasteiger partial charge in [0.05, 0.1) is 23.4 Å². The zero-order valence-electron chi connectivity index (χ0n) is 17.2. The molecule has 1 N–H and O–H groups in total. The molecule has 0 saturated carbocycles.